The summed E-state index contributed by atoms with van der Waals surface area (Å²) >= 11 is 0. The quantitative estimate of drug-likeness (QED) is 0.254. The van der Waals surface area contributed by atoms with Crippen molar-refractivity contribution in [2.75, 3.05) is 0 Å². The van der Waals surface area contributed by atoms with Crippen LogP contribution in [0, 0.1) is 11.8 Å². The molecule has 1 unspecified atom stereocenters. The summed E-state index contributed by atoms with van der Waals surface area (Å²) in [4.78, 5) is 0. The summed E-state index contributed by atoms with van der Waals surface area (Å²) in [5.41, 5.74) is 6.06. The third-order valence-electron chi connectivity index (χ3n) is 6.00. The topological polar surface area (TPSA) is 52.5 Å². The van der Waals surface area contributed by atoms with Gasteiger partial charge < -0.3 is 15.5 Å². The zero-order chi connectivity index (χ0) is 22.1. The van der Waals surface area contributed by atoms with Crippen molar-refractivity contribution in [1.82, 2.24) is 5.32 Å². The van der Waals surface area contributed by atoms with E-state index in [0.29, 0.717) is 11.8 Å². The average Bonchev–Trinajstić information content (AvgIpc) is 2.68. The van der Waals surface area contributed by atoms with Crippen molar-refractivity contribution >= 4 is 30.1 Å². The number of halogens is 1. The zero-order valence-corrected chi connectivity index (χ0v) is 22.3. The predicted octanol–water partition coefficient (Wildman–Crippen LogP) is 7.13. The van der Waals surface area contributed by atoms with E-state index in [9.17, 15) is 10.2 Å². The fraction of sp³-hybridized carbons (Fsp3) is 0.630. The van der Waals surface area contributed by atoms with Crippen LogP contribution in [0.2, 0.25) is 0 Å². The van der Waals surface area contributed by atoms with Gasteiger partial charge in [0, 0.05) is 12.2 Å². The number of fused-ring (bicyclic) bond motifs is 1. The Balaban J connectivity index is 0.000000885. The Hall–Kier alpha value is -0.850. The second kappa shape index (κ2) is 14.3. The van der Waals surface area contributed by atoms with E-state index in [0.717, 1.165) is 57.1 Å². The van der Waals surface area contributed by atoms with Crippen LogP contribution >= 0.6 is 24.0 Å². The van der Waals surface area contributed by atoms with Gasteiger partial charge in [-0.05, 0) is 87.0 Å². The number of hydrogen-bond acceptors (Lipinski definition) is 3. The molecule has 0 saturated heterocycles. The molecule has 0 aromatic heterocycles. The Morgan fingerprint density at radius 1 is 1.13 bits per heavy atom. The molecule has 1 aliphatic carbocycles. The summed E-state index contributed by atoms with van der Waals surface area (Å²) in [6.07, 6.45) is 10.1. The molecule has 1 fully saturated rings. The molecule has 1 saturated carbocycles. The molecular weight excluding hydrogens is 497 g/mol. The molecule has 2 aliphatic rings. The van der Waals surface area contributed by atoms with Crippen LogP contribution in [0.25, 0.3) is 6.08 Å². The number of rotatable bonds is 7. The number of aliphatic hydroxyl groups is 2. The lowest BCUT2D eigenvalue weighted by atomic mass is 9.83. The molecule has 1 aliphatic heterocycles. The van der Waals surface area contributed by atoms with Crippen molar-refractivity contribution in [2.45, 2.75) is 97.8 Å². The molecule has 0 radical (unpaired) electrons. The highest BCUT2D eigenvalue weighted by Crippen LogP contribution is 2.33. The second-order valence-corrected chi connectivity index (χ2v) is 9.87. The summed E-state index contributed by atoms with van der Waals surface area (Å²) < 4.78 is 0. The average molecular weight is 542 g/mol. The molecule has 3 N–H and O–H groups in total. The van der Waals surface area contributed by atoms with Gasteiger partial charge in [0.2, 0.25) is 0 Å². The van der Waals surface area contributed by atoms with E-state index in [1.54, 1.807) is 0 Å². The third-order valence-corrected chi connectivity index (χ3v) is 6.00. The Morgan fingerprint density at radius 2 is 1.77 bits per heavy atom. The molecule has 0 spiro atoms. The van der Waals surface area contributed by atoms with Crippen LogP contribution in [0.3, 0.4) is 0 Å². The van der Waals surface area contributed by atoms with Gasteiger partial charge in [0.15, 0.2) is 0 Å². The van der Waals surface area contributed by atoms with Crippen molar-refractivity contribution in [1.29, 1.82) is 0 Å². The van der Waals surface area contributed by atoms with Crippen LogP contribution in [0.15, 0.2) is 36.0 Å². The summed E-state index contributed by atoms with van der Waals surface area (Å²) in [6.45, 7) is 12.8. The van der Waals surface area contributed by atoms with Gasteiger partial charge in [-0.1, -0.05) is 50.5 Å². The second-order valence-electron chi connectivity index (χ2n) is 9.87. The van der Waals surface area contributed by atoms with Crippen molar-refractivity contribution in [3.63, 3.8) is 0 Å². The van der Waals surface area contributed by atoms with E-state index in [2.05, 4.69) is 50.0 Å². The smallest absolute Gasteiger partial charge is 0.0796 e. The molecule has 3 rings (SSSR count). The first-order valence-electron chi connectivity index (χ1n) is 11.8. The molecule has 1 heterocycles. The normalized spacial score (nSPS) is 20.9. The van der Waals surface area contributed by atoms with E-state index < -0.39 is 0 Å². The van der Waals surface area contributed by atoms with Gasteiger partial charge in [-0.2, -0.15) is 0 Å². The molecule has 0 amide bonds. The molecule has 1 aromatic carbocycles. The van der Waals surface area contributed by atoms with Crippen LogP contribution in [0.5, 0.6) is 0 Å². The first kappa shape index (κ1) is 28.2. The van der Waals surface area contributed by atoms with Crippen molar-refractivity contribution in [2.24, 2.45) is 11.8 Å². The molecule has 0 bridgehead atoms. The van der Waals surface area contributed by atoms with E-state index in [1.165, 1.54) is 28.8 Å². The first-order chi connectivity index (χ1) is 14.3. The summed E-state index contributed by atoms with van der Waals surface area (Å²) in [5, 5.41) is 24.0. The molecular formula is C27H44INO2. The molecule has 4 heteroatoms. The Bertz CT molecular complexity index is 701. The van der Waals surface area contributed by atoms with Crippen molar-refractivity contribution in [3.05, 3.63) is 52.7 Å². The highest BCUT2D eigenvalue weighted by Gasteiger charge is 2.23. The van der Waals surface area contributed by atoms with Crippen molar-refractivity contribution < 1.29 is 10.2 Å². The first-order valence-corrected chi connectivity index (χ1v) is 11.8. The Labute approximate surface area is 207 Å². The minimum atomic E-state index is -0.371. The highest BCUT2D eigenvalue weighted by molar-refractivity contribution is 14.0. The lowest BCUT2D eigenvalue weighted by molar-refractivity contribution is 0.108. The molecule has 3 nitrogen and oxygen atoms in total. The van der Waals surface area contributed by atoms with Gasteiger partial charge in [0.05, 0.1) is 12.2 Å². The minimum Gasteiger partial charge on any atom is -0.393 e. The van der Waals surface area contributed by atoms with Gasteiger partial charge >= 0.3 is 0 Å². The van der Waals surface area contributed by atoms with E-state index in [4.69, 9.17) is 0 Å². The largest absolute Gasteiger partial charge is 0.393 e. The van der Waals surface area contributed by atoms with Crippen LogP contribution in [0.4, 0.5) is 0 Å². The number of nitrogens with one attached hydrogen (secondary N) is 1. The van der Waals surface area contributed by atoms with E-state index in [1.807, 2.05) is 13.8 Å². The third kappa shape index (κ3) is 10.1. The van der Waals surface area contributed by atoms with Gasteiger partial charge in [-0.3, -0.25) is 0 Å². The standard InChI is InChI=1S/C23H35NO2.C4H8.HI/c1-16(2)5-3-8-23(26)21-7-4-6-18-15-24-19(14-22(18)21)13-17-9-11-20(25)12-10-17;1-4(2)3;/h4,6-7,14,16-17,20,23-26H,3,5,8-13,15H2,1-2H3;1H2,2-3H3;1H. The Kier molecular flexibility index (Phi) is 13.0. The molecule has 31 heavy (non-hydrogen) atoms. The molecule has 1 aromatic rings. The van der Waals surface area contributed by atoms with Gasteiger partial charge in [0.25, 0.3) is 0 Å². The monoisotopic (exact) mass is 541 g/mol. The SMILES string of the molecule is C=C(C)C.CC(C)CCCC(O)c1cccc2c1C=C(CC1CCC(O)CC1)NC2.I. The van der Waals surface area contributed by atoms with Crippen LogP contribution < -0.4 is 5.32 Å². The van der Waals surface area contributed by atoms with Gasteiger partial charge in [-0.15, -0.1) is 30.6 Å². The van der Waals surface area contributed by atoms with Gasteiger partial charge in [-0.25, -0.2) is 0 Å². The van der Waals surface area contributed by atoms with E-state index >= 15 is 0 Å². The highest BCUT2D eigenvalue weighted by atomic mass is 127. The van der Waals surface area contributed by atoms with Crippen LogP contribution in [0.1, 0.15) is 102 Å². The number of benzene rings is 1. The zero-order valence-electron chi connectivity index (χ0n) is 20.0. The maximum atomic E-state index is 10.7. The number of aliphatic hydroxyl groups excluding tert-OH is 2. The molecule has 1 atom stereocenters. The maximum absolute atomic E-state index is 10.7. The molecule has 176 valence electrons. The lowest BCUT2D eigenvalue weighted by Gasteiger charge is -2.29. The van der Waals surface area contributed by atoms with E-state index in [-0.39, 0.29) is 36.2 Å². The fourth-order valence-electron chi connectivity index (χ4n) is 4.35. The van der Waals surface area contributed by atoms with Crippen LogP contribution in [-0.2, 0) is 6.54 Å². The van der Waals surface area contributed by atoms with Crippen LogP contribution in [-0.4, -0.2) is 16.3 Å². The fourth-order valence-corrected chi connectivity index (χ4v) is 4.35. The Morgan fingerprint density at radius 3 is 2.39 bits per heavy atom. The number of allylic oxidation sites excluding steroid dienone is 2. The minimum absolute atomic E-state index is 0. The summed E-state index contributed by atoms with van der Waals surface area (Å²) in [5.74, 6) is 1.36. The maximum Gasteiger partial charge on any atom is 0.0796 e. The lowest BCUT2D eigenvalue weighted by Crippen LogP contribution is -2.24. The summed E-state index contributed by atoms with van der Waals surface area (Å²) in [6, 6.07) is 6.33. The number of hydrogen-bond donors (Lipinski definition) is 3. The summed E-state index contributed by atoms with van der Waals surface area (Å²) in [7, 11) is 0. The van der Waals surface area contributed by atoms with Gasteiger partial charge in [0.1, 0.15) is 0 Å². The predicted molar refractivity (Wildman–Crippen MR) is 143 cm³/mol. The van der Waals surface area contributed by atoms with Crippen molar-refractivity contribution in [3.8, 4) is 0 Å².